The van der Waals surface area contributed by atoms with Gasteiger partial charge in [-0.15, -0.1) is 0 Å². The van der Waals surface area contributed by atoms with Gasteiger partial charge in [-0.2, -0.15) is 15.3 Å². The lowest BCUT2D eigenvalue weighted by Gasteiger charge is -2.03. The van der Waals surface area contributed by atoms with E-state index in [2.05, 4.69) is 36.5 Å². The third-order valence-corrected chi connectivity index (χ3v) is 4.29. The fourth-order valence-corrected chi connectivity index (χ4v) is 2.97. The van der Waals surface area contributed by atoms with Gasteiger partial charge in [0.2, 0.25) is 0 Å². The van der Waals surface area contributed by atoms with Crippen molar-refractivity contribution in [3.05, 3.63) is 82.7 Å². The minimum absolute atomic E-state index is 0.269. The quantitative estimate of drug-likeness (QED) is 0.496. The second-order valence-corrected chi connectivity index (χ2v) is 6.98. The van der Waals surface area contributed by atoms with Crippen molar-refractivity contribution in [2.45, 2.75) is 13.2 Å². The summed E-state index contributed by atoms with van der Waals surface area (Å²) < 4.78 is 19.1. The summed E-state index contributed by atoms with van der Waals surface area (Å²) >= 11 is 3.33. The fourth-order valence-electron chi connectivity index (χ4n) is 2.64. The Labute approximate surface area is 167 Å². The highest BCUT2D eigenvalue weighted by atomic mass is 79.9. The van der Waals surface area contributed by atoms with Crippen molar-refractivity contribution < 1.29 is 9.18 Å². The van der Waals surface area contributed by atoms with Crippen LogP contribution in [0.1, 0.15) is 16.1 Å². The van der Waals surface area contributed by atoms with Gasteiger partial charge in [0.15, 0.2) is 11.5 Å². The number of nitrogens with zero attached hydrogens (tertiary/aromatic N) is 6. The minimum Gasteiger partial charge on any atom is -0.304 e. The third-order valence-electron chi connectivity index (χ3n) is 3.88. The summed E-state index contributed by atoms with van der Waals surface area (Å²) in [6, 6.07) is 9.60. The van der Waals surface area contributed by atoms with Crippen LogP contribution < -0.4 is 5.32 Å². The Balaban J connectivity index is 1.38. The van der Waals surface area contributed by atoms with E-state index in [1.54, 1.807) is 50.8 Å². The second-order valence-electron chi connectivity index (χ2n) is 6.06. The average molecular weight is 444 g/mol. The molecule has 142 valence electrons. The van der Waals surface area contributed by atoms with E-state index in [1.807, 2.05) is 12.3 Å². The Bertz CT molecular complexity index is 1120. The topological polar surface area (TPSA) is 82.6 Å². The molecule has 4 rings (SSSR count). The van der Waals surface area contributed by atoms with Crippen LogP contribution >= 0.6 is 15.9 Å². The van der Waals surface area contributed by atoms with Gasteiger partial charge in [0, 0.05) is 24.7 Å². The first-order chi connectivity index (χ1) is 13.5. The van der Waals surface area contributed by atoms with Gasteiger partial charge in [-0.25, -0.2) is 9.07 Å². The summed E-state index contributed by atoms with van der Waals surface area (Å²) in [4.78, 5) is 12.4. The summed E-state index contributed by atoms with van der Waals surface area (Å²) in [6.07, 6.45) is 6.91. The van der Waals surface area contributed by atoms with Crippen molar-refractivity contribution in [3.8, 4) is 0 Å². The Hall–Kier alpha value is -3.27. The molecule has 0 saturated heterocycles. The van der Waals surface area contributed by atoms with Crippen LogP contribution in [0.25, 0.3) is 0 Å². The molecule has 0 radical (unpaired) electrons. The van der Waals surface area contributed by atoms with Gasteiger partial charge in [0.25, 0.3) is 5.91 Å². The lowest BCUT2D eigenvalue weighted by Crippen LogP contribution is -2.15. The number of hydrogen-bond donors (Lipinski definition) is 1. The molecule has 10 heteroatoms. The first kappa shape index (κ1) is 18.1. The highest BCUT2D eigenvalue weighted by molar-refractivity contribution is 9.10. The molecule has 1 N–H and O–H groups in total. The summed E-state index contributed by atoms with van der Waals surface area (Å²) in [5.74, 6) is -0.264. The molecule has 0 unspecified atom stereocenters. The van der Waals surface area contributed by atoms with Crippen LogP contribution in [0.2, 0.25) is 0 Å². The van der Waals surface area contributed by atoms with Crippen LogP contribution in [0.4, 0.5) is 10.2 Å². The summed E-state index contributed by atoms with van der Waals surface area (Å²) in [5, 5.41) is 15.4. The molecule has 3 aromatic heterocycles. The molecule has 0 spiro atoms. The van der Waals surface area contributed by atoms with E-state index >= 15 is 0 Å². The van der Waals surface area contributed by atoms with E-state index in [-0.39, 0.29) is 17.4 Å². The average Bonchev–Trinajstić information content (AvgIpc) is 3.38. The van der Waals surface area contributed by atoms with E-state index in [0.717, 1.165) is 10.0 Å². The number of aromatic nitrogens is 6. The van der Waals surface area contributed by atoms with Crippen LogP contribution in [0.5, 0.6) is 0 Å². The van der Waals surface area contributed by atoms with Gasteiger partial charge in [-0.1, -0.05) is 12.1 Å². The Morgan fingerprint density at radius 3 is 2.75 bits per heavy atom. The zero-order valence-corrected chi connectivity index (χ0v) is 16.1. The molecule has 4 aromatic rings. The predicted molar refractivity (Wildman–Crippen MR) is 103 cm³/mol. The zero-order chi connectivity index (χ0) is 19.5. The van der Waals surface area contributed by atoms with Crippen LogP contribution in [-0.4, -0.2) is 35.2 Å². The number of rotatable bonds is 6. The van der Waals surface area contributed by atoms with E-state index in [1.165, 1.54) is 12.1 Å². The van der Waals surface area contributed by atoms with Gasteiger partial charge >= 0.3 is 0 Å². The number of amides is 1. The third kappa shape index (κ3) is 4.34. The second kappa shape index (κ2) is 7.77. The normalized spacial score (nSPS) is 10.9. The van der Waals surface area contributed by atoms with Crippen molar-refractivity contribution in [2.24, 2.45) is 0 Å². The number of carbonyl (C=O) groups is 1. The number of halogens is 2. The standard InChI is InChI=1S/C18H15BrFN7O/c19-14-9-21-27(11-14)12-26-6-4-16(23-26)18(28)22-17-5-7-25(24-17)10-13-2-1-3-15(20)8-13/h1-9,11H,10,12H2,(H,22,24,28). The monoisotopic (exact) mass is 443 g/mol. The maximum atomic E-state index is 13.3. The van der Waals surface area contributed by atoms with E-state index < -0.39 is 0 Å². The molecule has 0 aliphatic carbocycles. The number of nitrogens with one attached hydrogen (secondary N) is 1. The number of benzene rings is 1. The highest BCUT2D eigenvalue weighted by Gasteiger charge is 2.12. The molecular weight excluding hydrogens is 429 g/mol. The SMILES string of the molecule is O=C(Nc1ccn(Cc2cccc(F)c2)n1)c1ccn(Cn2cc(Br)cn2)n1. The Morgan fingerprint density at radius 1 is 1.11 bits per heavy atom. The summed E-state index contributed by atoms with van der Waals surface area (Å²) in [5.41, 5.74) is 1.05. The van der Waals surface area contributed by atoms with Crippen molar-refractivity contribution in [3.63, 3.8) is 0 Å². The largest absolute Gasteiger partial charge is 0.304 e. The van der Waals surface area contributed by atoms with Crippen molar-refractivity contribution in [2.75, 3.05) is 5.32 Å². The summed E-state index contributed by atoms with van der Waals surface area (Å²) in [6.45, 7) is 0.794. The smallest absolute Gasteiger partial charge is 0.277 e. The van der Waals surface area contributed by atoms with Crippen LogP contribution in [0.15, 0.2) is 65.7 Å². The predicted octanol–water partition coefficient (Wildman–Crippen LogP) is 2.98. The first-order valence-corrected chi connectivity index (χ1v) is 9.15. The molecule has 1 amide bonds. The molecule has 8 nitrogen and oxygen atoms in total. The molecule has 0 saturated carbocycles. The molecule has 0 aliphatic rings. The molecule has 3 heterocycles. The first-order valence-electron chi connectivity index (χ1n) is 8.36. The molecule has 0 atom stereocenters. The zero-order valence-electron chi connectivity index (χ0n) is 14.5. The van der Waals surface area contributed by atoms with Crippen LogP contribution in [-0.2, 0) is 13.2 Å². The van der Waals surface area contributed by atoms with Gasteiger partial charge in [0.1, 0.15) is 12.5 Å². The molecule has 0 bridgehead atoms. The van der Waals surface area contributed by atoms with Gasteiger partial charge in [0.05, 0.1) is 17.2 Å². The number of anilines is 1. The van der Waals surface area contributed by atoms with Crippen molar-refractivity contribution in [1.82, 2.24) is 29.3 Å². The van der Waals surface area contributed by atoms with Crippen molar-refractivity contribution in [1.29, 1.82) is 0 Å². The Morgan fingerprint density at radius 2 is 1.96 bits per heavy atom. The van der Waals surface area contributed by atoms with Crippen molar-refractivity contribution >= 4 is 27.7 Å². The van der Waals surface area contributed by atoms with Crippen LogP contribution in [0, 0.1) is 5.82 Å². The van der Waals surface area contributed by atoms with E-state index in [0.29, 0.717) is 19.0 Å². The number of carbonyl (C=O) groups excluding carboxylic acids is 1. The molecule has 0 fully saturated rings. The molecule has 1 aromatic carbocycles. The molecule has 0 aliphatic heterocycles. The maximum Gasteiger partial charge on any atom is 0.277 e. The van der Waals surface area contributed by atoms with E-state index in [9.17, 15) is 9.18 Å². The lowest BCUT2D eigenvalue weighted by molar-refractivity contribution is 0.102. The van der Waals surface area contributed by atoms with E-state index in [4.69, 9.17) is 0 Å². The molecular formula is C18H15BrFN7O. The van der Waals surface area contributed by atoms with Crippen LogP contribution in [0.3, 0.4) is 0 Å². The number of hydrogen-bond acceptors (Lipinski definition) is 4. The maximum absolute atomic E-state index is 13.3. The minimum atomic E-state index is -0.364. The highest BCUT2D eigenvalue weighted by Crippen LogP contribution is 2.10. The molecule has 28 heavy (non-hydrogen) atoms. The lowest BCUT2D eigenvalue weighted by atomic mass is 10.2. The Kier molecular flexibility index (Phi) is 5.02. The summed E-state index contributed by atoms with van der Waals surface area (Å²) in [7, 11) is 0. The fraction of sp³-hybridized carbons (Fsp3) is 0.111. The van der Waals surface area contributed by atoms with Gasteiger partial charge in [-0.3, -0.25) is 14.2 Å². The van der Waals surface area contributed by atoms with Gasteiger partial charge in [-0.05, 0) is 39.7 Å². The van der Waals surface area contributed by atoms with Gasteiger partial charge < -0.3 is 5.32 Å².